The van der Waals surface area contributed by atoms with Crippen molar-refractivity contribution in [3.8, 4) is 46.1 Å². The number of amides is 1. The van der Waals surface area contributed by atoms with Gasteiger partial charge in [-0.2, -0.15) is 10.4 Å². The predicted molar refractivity (Wildman–Crippen MR) is 122 cm³/mol. The summed E-state index contributed by atoms with van der Waals surface area (Å²) >= 11 is 0. The van der Waals surface area contributed by atoms with Crippen LogP contribution < -0.4 is 24.3 Å². The molecule has 0 saturated carbocycles. The van der Waals surface area contributed by atoms with Crippen LogP contribution in [0.4, 0.5) is 5.69 Å². The topological polar surface area (TPSA) is 143 Å². The van der Waals surface area contributed by atoms with Crippen LogP contribution in [0.25, 0.3) is 16.9 Å². The third-order valence-electron chi connectivity index (χ3n) is 5.19. The molecule has 11 nitrogen and oxygen atoms in total. The van der Waals surface area contributed by atoms with E-state index in [0.717, 1.165) is 0 Å². The highest BCUT2D eigenvalue weighted by Crippen LogP contribution is 2.41. The highest BCUT2D eigenvalue weighted by molar-refractivity contribution is 6.08. The molecular weight excluding hydrogens is 442 g/mol. The zero-order valence-electron chi connectivity index (χ0n) is 18.8. The SMILES string of the molecule is COc1ccc(NC(=O)c2c(-c3cc(O)c(OC)c(OC)c3)[nH]c3c(C#N)cnn23)cc1OC. The number of carbonyl (C=O) groups excluding carboxylic acids is 1. The Morgan fingerprint density at radius 2 is 1.79 bits per heavy atom. The Kier molecular flexibility index (Phi) is 5.88. The number of methoxy groups -OCH3 is 4. The molecule has 2 aromatic heterocycles. The van der Waals surface area contributed by atoms with Gasteiger partial charge in [0.05, 0.1) is 40.3 Å². The summed E-state index contributed by atoms with van der Waals surface area (Å²) in [5.74, 6) is 0.659. The number of rotatable bonds is 7. The van der Waals surface area contributed by atoms with E-state index in [1.54, 1.807) is 24.3 Å². The Hall–Kier alpha value is -4.85. The molecule has 0 atom stereocenters. The molecule has 0 spiro atoms. The Labute approximate surface area is 194 Å². The number of aromatic amines is 1. The number of ether oxygens (including phenoxy) is 4. The average molecular weight is 463 g/mol. The second kappa shape index (κ2) is 8.95. The van der Waals surface area contributed by atoms with Crippen molar-refractivity contribution >= 4 is 17.2 Å². The molecule has 0 saturated heterocycles. The molecule has 0 unspecified atom stereocenters. The molecule has 34 heavy (non-hydrogen) atoms. The first-order chi connectivity index (χ1) is 16.4. The molecule has 11 heteroatoms. The fourth-order valence-electron chi connectivity index (χ4n) is 3.62. The van der Waals surface area contributed by atoms with Crippen LogP contribution in [0.3, 0.4) is 0 Å². The van der Waals surface area contributed by atoms with Crippen LogP contribution in [0.5, 0.6) is 28.7 Å². The minimum atomic E-state index is -0.518. The van der Waals surface area contributed by atoms with Crippen LogP contribution in [0.15, 0.2) is 36.5 Å². The Morgan fingerprint density at radius 3 is 2.44 bits per heavy atom. The van der Waals surface area contributed by atoms with E-state index in [-0.39, 0.29) is 28.5 Å². The van der Waals surface area contributed by atoms with Crippen LogP contribution >= 0.6 is 0 Å². The van der Waals surface area contributed by atoms with Gasteiger partial charge in [0.1, 0.15) is 11.6 Å². The third-order valence-corrected chi connectivity index (χ3v) is 5.19. The van der Waals surface area contributed by atoms with E-state index in [0.29, 0.717) is 34.1 Å². The molecule has 0 bridgehead atoms. The largest absolute Gasteiger partial charge is 0.504 e. The van der Waals surface area contributed by atoms with Gasteiger partial charge in [-0.15, -0.1) is 0 Å². The highest BCUT2D eigenvalue weighted by Gasteiger charge is 2.25. The smallest absolute Gasteiger partial charge is 0.276 e. The van der Waals surface area contributed by atoms with Crippen molar-refractivity contribution < 1.29 is 28.8 Å². The maximum atomic E-state index is 13.4. The van der Waals surface area contributed by atoms with Crippen molar-refractivity contribution in [2.75, 3.05) is 33.8 Å². The van der Waals surface area contributed by atoms with Gasteiger partial charge in [-0.3, -0.25) is 4.79 Å². The maximum Gasteiger partial charge on any atom is 0.276 e. The molecule has 0 aliphatic rings. The molecule has 0 aliphatic carbocycles. The quantitative estimate of drug-likeness (QED) is 0.379. The van der Waals surface area contributed by atoms with Crippen LogP contribution in [-0.4, -0.2) is 54.1 Å². The molecule has 2 heterocycles. The molecule has 2 aromatic carbocycles. The van der Waals surface area contributed by atoms with Crippen molar-refractivity contribution in [3.63, 3.8) is 0 Å². The molecule has 3 N–H and O–H groups in total. The van der Waals surface area contributed by atoms with Gasteiger partial charge in [-0.1, -0.05) is 0 Å². The summed E-state index contributed by atoms with van der Waals surface area (Å²) in [6, 6.07) is 10.0. The van der Waals surface area contributed by atoms with E-state index >= 15 is 0 Å². The Balaban J connectivity index is 1.85. The van der Waals surface area contributed by atoms with Gasteiger partial charge in [0.15, 0.2) is 34.3 Å². The third kappa shape index (κ3) is 3.67. The number of aromatic hydroxyl groups is 1. The molecule has 0 radical (unpaired) electrons. The molecule has 4 aromatic rings. The number of hydrogen-bond acceptors (Lipinski definition) is 8. The summed E-state index contributed by atoms with van der Waals surface area (Å²) in [5, 5.41) is 26.9. The Bertz CT molecular complexity index is 1430. The number of nitriles is 1. The van der Waals surface area contributed by atoms with E-state index in [4.69, 9.17) is 18.9 Å². The van der Waals surface area contributed by atoms with Gasteiger partial charge < -0.3 is 34.4 Å². The minimum Gasteiger partial charge on any atom is -0.504 e. The van der Waals surface area contributed by atoms with Crippen LogP contribution in [0.1, 0.15) is 16.1 Å². The summed E-state index contributed by atoms with van der Waals surface area (Å²) in [6.45, 7) is 0. The predicted octanol–water partition coefficient (Wildman–Crippen LogP) is 3.19. The molecule has 0 fully saturated rings. The lowest BCUT2D eigenvalue weighted by atomic mass is 10.1. The lowest BCUT2D eigenvalue weighted by Gasteiger charge is -2.13. The summed E-state index contributed by atoms with van der Waals surface area (Å²) < 4.78 is 22.4. The fraction of sp³-hybridized carbons (Fsp3) is 0.174. The van der Waals surface area contributed by atoms with Crippen molar-refractivity contribution in [2.24, 2.45) is 0 Å². The number of anilines is 1. The molecule has 4 rings (SSSR count). The number of phenols is 1. The highest BCUT2D eigenvalue weighted by atomic mass is 16.5. The lowest BCUT2D eigenvalue weighted by Crippen LogP contribution is -2.16. The number of hydrogen-bond donors (Lipinski definition) is 3. The first-order valence-corrected chi connectivity index (χ1v) is 9.94. The van der Waals surface area contributed by atoms with Crippen molar-refractivity contribution in [2.45, 2.75) is 0 Å². The molecule has 1 amide bonds. The van der Waals surface area contributed by atoms with Gasteiger partial charge >= 0.3 is 0 Å². The number of phenolic OH excluding ortho intramolecular Hbond substituents is 1. The van der Waals surface area contributed by atoms with Crippen molar-refractivity contribution in [1.29, 1.82) is 5.26 Å². The number of nitrogens with one attached hydrogen (secondary N) is 2. The van der Waals surface area contributed by atoms with E-state index < -0.39 is 5.91 Å². The Morgan fingerprint density at radius 1 is 1.06 bits per heavy atom. The molecule has 0 aliphatic heterocycles. The number of nitrogens with zero attached hydrogens (tertiary/aromatic N) is 3. The van der Waals surface area contributed by atoms with Gasteiger partial charge in [-0.25, -0.2) is 4.52 Å². The van der Waals surface area contributed by atoms with E-state index in [1.165, 1.54) is 45.2 Å². The lowest BCUT2D eigenvalue weighted by molar-refractivity contribution is 0.102. The monoisotopic (exact) mass is 463 g/mol. The summed E-state index contributed by atoms with van der Waals surface area (Å²) in [5.41, 5.74) is 1.86. The summed E-state index contributed by atoms with van der Waals surface area (Å²) in [4.78, 5) is 16.5. The van der Waals surface area contributed by atoms with E-state index in [1.807, 2.05) is 6.07 Å². The molecular formula is C23H21N5O6. The van der Waals surface area contributed by atoms with Gasteiger partial charge in [0.25, 0.3) is 5.91 Å². The zero-order chi connectivity index (χ0) is 24.4. The fourth-order valence-corrected chi connectivity index (χ4v) is 3.62. The number of H-pyrrole nitrogens is 1. The van der Waals surface area contributed by atoms with Crippen LogP contribution in [-0.2, 0) is 0 Å². The minimum absolute atomic E-state index is 0.109. The number of imidazole rings is 1. The van der Waals surface area contributed by atoms with Crippen molar-refractivity contribution in [3.05, 3.63) is 47.8 Å². The van der Waals surface area contributed by atoms with Crippen LogP contribution in [0, 0.1) is 11.3 Å². The second-order valence-electron chi connectivity index (χ2n) is 7.03. The first kappa shape index (κ1) is 22.3. The number of aromatic nitrogens is 3. The zero-order valence-corrected chi connectivity index (χ0v) is 18.8. The van der Waals surface area contributed by atoms with E-state index in [2.05, 4.69) is 15.4 Å². The van der Waals surface area contributed by atoms with Crippen LogP contribution in [0.2, 0.25) is 0 Å². The number of carbonyl (C=O) groups is 1. The van der Waals surface area contributed by atoms with Gasteiger partial charge in [-0.05, 0) is 24.3 Å². The number of fused-ring (bicyclic) bond motifs is 1. The van der Waals surface area contributed by atoms with Gasteiger partial charge in [0, 0.05) is 17.3 Å². The van der Waals surface area contributed by atoms with Gasteiger partial charge in [0.2, 0.25) is 5.75 Å². The standard InChI is InChI=1S/C23H21N5O6/c1-31-16-6-5-14(9-17(16)32-2)26-23(30)20-19(27-22-13(10-24)11-25-28(20)22)12-7-15(29)21(34-4)18(8-12)33-3/h5-9,11,27,29H,1-4H3,(H,26,30). The van der Waals surface area contributed by atoms with E-state index in [9.17, 15) is 15.2 Å². The maximum absolute atomic E-state index is 13.4. The first-order valence-electron chi connectivity index (χ1n) is 9.94. The summed E-state index contributed by atoms with van der Waals surface area (Å²) in [6.07, 6.45) is 1.36. The van der Waals surface area contributed by atoms with Crippen molar-refractivity contribution in [1.82, 2.24) is 14.6 Å². The number of benzene rings is 2. The normalized spacial score (nSPS) is 10.6. The molecule has 174 valence electrons. The second-order valence-corrected chi connectivity index (χ2v) is 7.03. The summed E-state index contributed by atoms with van der Waals surface area (Å²) in [7, 11) is 5.85. The average Bonchev–Trinajstić information content (AvgIpc) is 3.42.